The molecule has 0 bridgehead atoms. The lowest BCUT2D eigenvalue weighted by atomic mass is 9.81. The van der Waals surface area contributed by atoms with Gasteiger partial charge in [0.25, 0.3) is 0 Å². The van der Waals surface area contributed by atoms with Crippen molar-refractivity contribution in [3.63, 3.8) is 0 Å². The third-order valence-electron chi connectivity index (χ3n) is 4.41. The highest BCUT2D eigenvalue weighted by atomic mass is 16.5. The third kappa shape index (κ3) is 3.58. The molecule has 0 aliphatic carbocycles. The molecule has 22 heavy (non-hydrogen) atoms. The van der Waals surface area contributed by atoms with Crippen LogP contribution in [-0.2, 0) is 11.3 Å². The van der Waals surface area contributed by atoms with E-state index in [-0.39, 0.29) is 12.0 Å². The van der Waals surface area contributed by atoms with Crippen molar-refractivity contribution in [1.29, 1.82) is 0 Å². The molecule has 118 valence electrons. The molecular formula is C18H23NO3. The van der Waals surface area contributed by atoms with Crippen LogP contribution in [0.25, 0.3) is 11.3 Å². The largest absolute Gasteiger partial charge is 0.460 e. The average molecular weight is 301 g/mol. The van der Waals surface area contributed by atoms with E-state index in [2.05, 4.69) is 5.32 Å². The average Bonchev–Trinajstić information content (AvgIpc) is 3.05. The van der Waals surface area contributed by atoms with Crippen LogP contribution in [-0.4, -0.2) is 31.5 Å². The zero-order valence-electron chi connectivity index (χ0n) is 12.8. The topological polar surface area (TPSA) is 54.6 Å². The number of benzene rings is 1. The maximum Gasteiger partial charge on any atom is 0.134 e. The van der Waals surface area contributed by atoms with Crippen LogP contribution in [0.1, 0.15) is 18.6 Å². The van der Waals surface area contributed by atoms with Crippen LogP contribution in [0.3, 0.4) is 0 Å². The molecule has 2 N–H and O–H groups in total. The Labute approximate surface area is 131 Å². The van der Waals surface area contributed by atoms with E-state index in [1.54, 1.807) is 0 Å². The van der Waals surface area contributed by atoms with Crippen LogP contribution in [0.15, 0.2) is 46.9 Å². The summed E-state index contributed by atoms with van der Waals surface area (Å²) in [4.78, 5) is 0. The summed E-state index contributed by atoms with van der Waals surface area (Å²) in [5, 5.41) is 13.1. The normalized spacial score (nSPS) is 17.5. The van der Waals surface area contributed by atoms with E-state index in [0.717, 1.165) is 49.7 Å². The van der Waals surface area contributed by atoms with Gasteiger partial charge in [-0.3, -0.25) is 0 Å². The molecule has 4 nitrogen and oxygen atoms in total. The fourth-order valence-corrected chi connectivity index (χ4v) is 2.88. The lowest BCUT2D eigenvalue weighted by Gasteiger charge is -2.35. The van der Waals surface area contributed by atoms with Crippen LogP contribution in [0.5, 0.6) is 0 Å². The number of hydrogen-bond donors (Lipinski definition) is 2. The summed E-state index contributed by atoms with van der Waals surface area (Å²) in [7, 11) is 0. The Morgan fingerprint density at radius 1 is 1.05 bits per heavy atom. The molecule has 4 heteroatoms. The van der Waals surface area contributed by atoms with E-state index in [4.69, 9.17) is 9.15 Å². The predicted molar refractivity (Wildman–Crippen MR) is 85.4 cm³/mol. The zero-order valence-corrected chi connectivity index (χ0v) is 12.8. The van der Waals surface area contributed by atoms with Crippen molar-refractivity contribution >= 4 is 0 Å². The Bertz CT molecular complexity index is 573. The Hall–Kier alpha value is -1.62. The molecule has 2 aromatic rings. The van der Waals surface area contributed by atoms with Gasteiger partial charge in [-0.25, -0.2) is 0 Å². The van der Waals surface area contributed by atoms with E-state index in [0.29, 0.717) is 6.54 Å². The molecule has 0 atom stereocenters. The first-order valence-corrected chi connectivity index (χ1v) is 7.85. The van der Waals surface area contributed by atoms with E-state index in [1.807, 2.05) is 42.5 Å². The molecule has 0 spiro atoms. The molecule has 1 aliphatic heterocycles. The van der Waals surface area contributed by atoms with Gasteiger partial charge in [0.1, 0.15) is 11.5 Å². The maximum absolute atomic E-state index is 9.67. The molecule has 3 rings (SSSR count). The van der Waals surface area contributed by atoms with Crippen molar-refractivity contribution in [2.24, 2.45) is 5.41 Å². The van der Waals surface area contributed by atoms with Gasteiger partial charge in [-0.2, -0.15) is 0 Å². The second-order valence-corrected chi connectivity index (χ2v) is 6.01. The summed E-state index contributed by atoms with van der Waals surface area (Å²) in [5.41, 5.74) is 1.04. The summed E-state index contributed by atoms with van der Waals surface area (Å²) < 4.78 is 11.3. The minimum Gasteiger partial charge on any atom is -0.460 e. The highest BCUT2D eigenvalue weighted by Gasteiger charge is 2.31. The standard InChI is InChI=1S/C18H23NO3/c20-14-18(8-10-21-11-9-18)13-19-12-16-6-7-17(22-16)15-4-2-1-3-5-15/h1-7,19-20H,8-14H2. The third-order valence-corrected chi connectivity index (χ3v) is 4.41. The molecule has 1 fully saturated rings. The number of ether oxygens (including phenoxy) is 1. The summed E-state index contributed by atoms with van der Waals surface area (Å²) in [6.07, 6.45) is 1.81. The van der Waals surface area contributed by atoms with Crippen molar-refractivity contribution < 1.29 is 14.3 Å². The molecule has 0 amide bonds. The van der Waals surface area contributed by atoms with Crippen LogP contribution in [0, 0.1) is 5.41 Å². The minimum absolute atomic E-state index is 0.0485. The van der Waals surface area contributed by atoms with Gasteiger partial charge in [0.05, 0.1) is 13.2 Å². The van der Waals surface area contributed by atoms with Gasteiger partial charge >= 0.3 is 0 Å². The van der Waals surface area contributed by atoms with E-state index in [9.17, 15) is 5.11 Å². The highest BCUT2D eigenvalue weighted by Crippen LogP contribution is 2.29. The number of aliphatic hydroxyl groups excluding tert-OH is 1. The molecule has 0 radical (unpaired) electrons. The number of aliphatic hydroxyl groups is 1. The zero-order chi connectivity index (χ0) is 15.3. The second kappa shape index (κ2) is 7.09. The molecule has 1 aromatic heterocycles. The van der Waals surface area contributed by atoms with Gasteiger partial charge in [0.15, 0.2) is 0 Å². The van der Waals surface area contributed by atoms with Gasteiger partial charge in [-0.15, -0.1) is 0 Å². The maximum atomic E-state index is 9.67. The molecule has 1 saturated heterocycles. The summed E-state index contributed by atoms with van der Waals surface area (Å²) in [6.45, 7) is 3.14. The van der Waals surface area contributed by atoms with Crippen molar-refractivity contribution in [1.82, 2.24) is 5.32 Å². The van der Waals surface area contributed by atoms with Crippen molar-refractivity contribution in [3.05, 3.63) is 48.2 Å². The fraction of sp³-hybridized carbons (Fsp3) is 0.444. The summed E-state index contributed by atoms with van der Waals surface area (Å²) >= 11 is 0. The van der Waals surface area contributed by atoms with Crippen LogP contribution < -0.4 is 5.32 Å². The van der Waals surface area contributed by atoms with Gasteiger partial charge in [0.2, 0.25) is 0 Å². The quantitative estimate of drug-likeness (QED) is 0.861. The molecule has 1 aliphatic rings. The Morgan fingerprint density at radius 3 is 2.55 bits per heavy atom. The SMILES string of the molecule is OCC1(CNCc2ccc(-c3ccccc3)o2)CCOCC1. The van der Waals surface area contributed by atoms with Crippen molar-refractivity contribution in [2.45, 2.75) is 19.4 Å². The molecule has 0 saturated carbocycles. The Morgan fingerprint density at radius 2 is 1.82 bits per heavy atom. The number of hydrogen-bond acceptors (Lipinski definition) is 4. The van der Waals surface area contributed by atoms with Gasteiger partial charge in [-0.05, 0) is 25.0 Å². The van der Waals surface area contributed by atoms with Crippen LogP contribution in [0.4, 0.5) is 0 Å². The van der Waals surface area contributed by atoms with E-state index < -0.39 is 0 Å². The number of rotatable bonds is 6. The first kappa shape index (κ1) is 15.3. The van der Waals surface area contributed by atoms with Gasteiger partial charge in [0, 0.05) is 30.7 Å². The Kier molecular flexibility index (Phi) is 4.93. The lowest BCUT2D eigenvalue weighted by molar-refractivity contribution is -0.0155. The fourth-order valence-electron chi connectivity index (χ4n) is 2.88. The Balaban J connectivity index is 1.55. The number of furan rings is 1. The number of nitrogens with one attached hydrogen (secondary N) is 1. The molecule has 0 unspecified atom stereocenters. The first-order valence-electron chi connectivity index (χ1n) is 7.85. The second-order valence-electron chi connectivity index (χ2n) is 6.01. The first-order chi connectivity index (χ1) is 10.8. The highest BCUT2D eigenvalue weighted by molar-refractivity contribution is 5.57. The van der Waals surface area contributed by atoms with Gasteiger partial charge < -0.3 is 19.6 Å². The predicted octanol–water partition coefficient (Wildman–Crippen LogP) is 2.83. The van der Waals surface area contributed by atoms with E-state index in [1.165, 1.54) is 0 Å². The molecule has 2 heterocycles. The van der Waals surface area contributed by atoms with E-state index >= 15 is 0 Å². The summed E-state index contributed by atoms with van der Waals surface area (Å²) in [6, 6.07) is 14.1. The summed E-state index contributed by atoms with van der Waals surface area (Å²) in [5.74, 6) is 1.80. The van der Waals surface area contributed by atoms with Crippen molar-refractivity contribution in [3.8, 4) is 11.3 Å². The van der Waals surface area contributed by atoms with Crippen molar-refractivity contribution in [2.75, 3.05) is 26.4 Å². The monoisotopic (exact) mass is 301 g/mol. The molecular weight excluding hydrogens is 278 g/mol. The molecule has 1 aromatic carbocycles. The minimum atomic E-state index is -0.0485. The van der Waals surface area contributed by atoms with Crippen LogP contribution >= 0.6 is 0 Å². The van der Waals surface area contributed by atoms with Gasteiger partial charge in [-0.1, -0.05) is 30.3 Å². The van der Waals surface area contributed by atoms with Crippen LogP contribution in [0.2, 0.25) is 0 Å². The smallest absolute Gasteiger partial charge is 0.134 e. The lowest BCUT2D eigenvalue weighted by Crippen LogP contribution is -2.41.